The van der Waals surface area contributed by atoms with E-state index in [4.69, 9.17) is 5.73 Å². The number of Topliss-reactive ketones (excluding diaryl/α,β-unsaturated/α-hetero) is 1. The Kier molecular flexibility index (Phi) is 5.24. The highest BCUT2D eigenvalue weighted by molar-refractivity contribution is 7.17. The quantitative estimate of drug-likeness (QED) is 0.675. The van der Waals surface area contributed by atoms with Gasteiger partial charge in [0, 0.05) is 11.4 Å². The molecule has 0 aliphatic rings. The van der Waals surface area contributed by atoms with Crippen LogP contribution in [0.1, 0.15) is 16.6 Å². The van der Waals surface area contributed by atoms with Crippen LogP contribution in [0, 0.1) is 0 Å². The maximum atomic E-state index is 12.7. The van der Waals surface area contributed by atoms with Crippen LogP contribution in [0.3, 0.4) is 0 Å². The number of rotatable bonds is 6. The second-order valence-corrected chi connectivity index (χ2v) is 6.77. The first-order valence-electron chi connectivity index (χ1n) is 7.87. The summed E-state index contributed by atoms with van der Waals surface area (Å²) in [5, 5.41) is 4.02. The van der Waals surface area contributed by atoms with E-state index in [2.05, 4.69) is 5.10 Å². The second-order valence-electron chi connectivity index (χ2n) is 5.68. The van der Waals surface area contributed by atoms with Crippen molar-refractivity contribution >= 4 is 17.1 Å². The molecule has 3 aromatic rings. The van der Waals surface area contributed by atoms with Crippen LogP contribution in [0.25, 0.3) is 16.1 Å². The van der Waals surface area contributed by atoms with Gasteiger partial charge in [0.05, 0.1) is 23.4 Å². The van der Waals surface area contributed by atoms with Crippen LogP contribution in [0.5, 0.6) is 0 Å². The summed E-state index contributed by atoms with van der Waals surface area (Å²) in [6.45, 7) is 1.55. The molecular weight excluding hydrogens is 355 g/mol. The molecule has 2 aromatic heterocycles. The van der Waals surface area contributed by atoms with E-state index in [0.29, 0.717) is 16.9 Å². The minimum atomic E-state index is -0.384. The summed E-state index contributed by atoms with van der Waals surface area (Å²) in [6.07, 6.45) is 1.79. The lowest BCUT2D eigenvalue weighted by Gasteiger charge is -2.04. The number of nitrogens with zero attached hydrogens (tertiary/aromatic N) is 3. The molecule has 0 atom stereocenters. The molecule has 0 aliphatic heterocycles. The van der Waals surface area contributed by atoms with E-state index in [1.807, 2.05) is 24.3 Å². The van der Waals surface area contributed by atoms with Gasteiger partial charge in [0.2, 0.25) is 0 Å². The van der Waals surface area contributed by atoms with Crippen molar-refractivity contribution in [2.75, 3.05) is 6.54 Å². The summed E-state index contributed by atoms with van der Waals surface area (Å²) >= 11 is 1.40. The van der Waals surface area contributed by atoms with Gasteiger partial charge in [-0.1, -0.05) is 12.1 Å². The Morgan fingerprint density at radius 1 is 1.35 bits per heavy atom. The Morgan fingerprint density at radius 3 is 2.81 bits per heavy atom. The molecule has 0 saturated heterocycles. The van der Waals surface area contributed by atoms with Gasteiger partial charge in [-0.25, -0.2) is 18.4 Å². The normalized spacial score (nSPS) is 11.7. The third kappa shape index (κ3) is 3.56. The summed E-state index contributed by atoms with van der Waals surface area (Å²) in [5.41, 5.74) is 6.85. The molecule has 0 unspecified atom stereocenters. The van der Waals surface area contributed by atoms with E-state index >= 15 is 0 Å². The van der Waals surface area contributed by atoms with Crippen molar-refractivity contribution in [3.8, 4) is 16.1 Å². The van der Waals surface area contributed by atoms with Crippen LogP contribution in [0.4, 0.5) is 4.39 Å². The number of nitrogens with two attached hydrogens (primary N) is 1. The minimum absolute atomic E-state index is 0.00538. The number of ketones is 1. The SMILES string of the molecule is CC(=O)c1ccc(-c2cccc(-n3cnn(C/C(=C/F)CN)c3=O)c2)s1. The lowest BCUT2D eigenvalue weighted by Crippen LogP contribution is -2.25. The van der Waals surface area contributed by atoms with Crippen molar-refractivity contribution in [3.63, 3.8) is 0 Å². The zero-order valence-corrected chi connectivity index (χ0v) is 14.9. The van der Waals surface area contributed by atoms with E-state index in [1.54, 1.807) is 12.1 Å². The first-order valence-corrected chi connectivity index (χ1v) is 8.69. The number of hydrogen-bond donors (Lipinski definition) is 1. The maximum absolute atomic E-state index is 12.7. The fourth-order valence-electron chi connectivity index (χ4n) is 2.45. The molecule has 0 aliphatic carbocycles. The summed E-state index contributed by atoms with van der Waals surface area (Å²) in [6, 6.07) is 11.0. The smallest absolute Gasteiger partial charge is 0.327 e. The standard InChI is InChI=1S/C18H17FN4O2S/c1-12(24)16-5-6-17(26-16)14-3-2-4-15(7-14)22-11-21-23(18(22)25)10-13(8-19)9-20/h2-8,11H,9-10,20H2,1H3/b13-8+. The van der Waals surface area contributed by atoms with E-state index in [0.717, 1.165) is 15.1 Å². The van der Waals surface area contributed by atoms with Gasteiger partial charge in [0.25, 0.3) is 0 Å². The molecule has 0 spiro atoms. The zero-order chi connectivity index (χ0) is 18.7. The molecule has 0 bridgehead atoms. The van der Waals surface area contributed by atoms with Crippen molar-refractivity contribution in [2.45, 2.75) is 13.5 Å². The van der Waals surface area contributed by atoms with Gasteiger partial charge in [0.1, 0.15) is 6.33 Å². The van der Waals surface area contributed by atoms with E-state index in [9.17, 15) is 14.0 Å². The van der Waals surface area contributed by atoms with Crippen LogP contribution < -0.4 is 11.4 Å². The fraction of sp³-hybridized carbons (Fsp3) is 0.167. The molecule has 0 amide bonds. The first-order chi connectivity index (χ1) is 12.5. The third-order valence-electron chi connectivity index (χ3n) is 3.86. The molecule has 26 heavy (non-hydrogen) atoms. The number of aromatic nitrogens is 3. The van der Waals surface area contributed by atoms with Crippen molar-refractivity contribution in [3.05, 3.63) is 70.0 Å². The summed E-state index contributed by atoms with van der Waals surface area (Å²) in [4.78, 5) is 25.6. The molecule has 6 nitrogen and oxygen atoms in total. The van der Waals surface area contributed by atoms with Crippen LogP contribution in [0.2, 0.25) is 0 Å². The maximum Gasteiger partial charge on any atom is 0.350 e. The molecular formula is C18H17FN4O2S. The van der Waals surface area contributed by atoms with Crippen LogP contribution in [-0.2, 0) is 6.54 Å². The summed E-state index contributed by atoms with van der Waals surface area (Å²) in [5.74, 6) is 0.0199. The fourth-order valence-corrected chi connectivity index (χ4v) is 3.35. The predicted octanol–water partition coefficient (Wildman–Crippen LogP) is 2.78. The number of halogens is 1. The number of hydrogen-bond acceptors (Lipinski definition) is 5. The van der Waals surface area contributed by atoms with Gasteiger partial charge in [0.15, 0.2) is 5.78 Å². The Bertz CT molecular complexity index is 1030. The summed E-state index contributed by atoms with van der Waals surface area (Å²) < 4.78 is 15.2. The molecule has 1 aromatic carbocycles. The van der Waals surface area contributed by atoms with E-state index in [1.165, 1.54) is 29.2 Å². The highest BCUT2D eigenvalue weighted by Gasteiger charge is 2.11. The van der Waals surface area contributed by atoms with E-state index in [-0.39, 0.29) is 30.1 Å². The molecule has 3 rings (SSSR count). The molecule has 0 fully saturated rings. The topological polar surface area (TPSA) is 82.9 Å². The van der Waals surface area contributed by atoms with Crippen molar-refractivity contribution in [2.24, 2.45) is 5.73 Å². The second kappa shape index (κ2) is 7.59. The van der Waals surface area contributed by atoms with Crippen molar-refractivity contribution in [1.29, 1.82) is 0 Å². The van der Waals surface area contributed by atoms with Gasteiger partial charge < -0.3 is 5.73 Å². The number of carbonyl (C=O) groups excluding carboxylic acids is 1. The largest absolute Gasteiger partial charge is 0.350 e. The molecule has 0 saturated carbocycles. The number of benzene rings is 1. The number of carbonyl (C=O) groups is 1. The van der Waals surface area contributed by atoms with Gasteiger partial charge in [-0.2, -0.15) is 5.10 Å². The highest BCUT2D eigenvalue weighted by Crippen LogP contribution is 2.29. The first kappa shape index (κ1) is 18.0. The van der Waals surface area contributed by atoms with Crippen LogP contribution >= 0.6 is 11.3 Å². The molecule has 2 heterocycles. The Morgan fingerprint density at radius 2 is 2.15 bits per heavy atom. The van der Waals surface area contributed by atoms with Crippen molar-refractivity contribution in [1.82, 2.24) is 14.3 Å². The lowest BCUT2D eigenvalue weighted by molar-refractivity contribution is 0.102. The Balaban J connectivity index is 1.94. The Labute approximate surface area is 153 Å². The third-order valence-corrected chi connectivity index (χ3v) is 5.10. The Hall–Kier alpha value is -2.84. The highest BCUT2D eigenvalue weighted by atomic mass is 32.1. The zero-order valence-electron chi connectivity index (χ0n) is 14.1. The van der Waals surface area contributed by atoms with Gasteiger partial charge in [-0.3, -0.25) is 4.79 Å². The van der Waals surface area contributed by atoms with E-state index < -0.39 is 0 Å². The number of thiophene rings is 1. The molecule has 8 heteroatoms. The van der Waals surface area contributed by atoms with Crippen molar-refractivity contribution < 1.29 is 9.18 Å². The van der Waals surface area contributed by atoms with Gasteiger partial charge in [-0.05, 0) is 42.3 Å². The van der Waals surface area contributed by atoms with Crippen LogP contribution in [0.15, 0.2) is 59.4 Å². The minimum Gasteiger partial charge on any atom is -0.327 e. The van der Waals surface area contributed by atoms with Gasteiger partial charge >= 0.3 is 5.69 Å². The van der Waals surface area contributed by atoms with Gasteiger partial charge in [-0.15, -0.1) is 11.3 Å². The average Bonchev–Trinajstić information content (AvgIpc) is 3.27. The molecule has 134 valence electrons. The summed E-state index contributed by atoms with van der Waals surface area (Å²) in [7, 11) is 0. The molecule has 2 N–H and O–H groups in total. The monoisotopic (exact) mass is 372 g/mol. The lowest BCUT2D eigenvalue weighted by atomic mass is 10.1. The predicted molar refractivity (Wildman–Crippen MR) is 99.4 cm³/mol. The van der Waals surface area contributed by atoms with Crippen LogP contribution in [-0.4, -0.2) is 26.7 Å². The molecule has 0 radical (unpaired) electrons. The average molecular weight is 372 g/mol.